The molecule has 4 nitrogen and oxygen atoms in total. The Morgan fingerprint density at radius 1 is 1.40 bits per heavy atom. The average Bonchev–Trinajstić information content (AvgIpc) is 2.48. The Bertz CT molecular complexity index is 552. The molecule has 0 aliphatic carbocycles. The Morgan fingerprint density at radius 3 is 2.85 bits per heavy atom. The Morgan fingerprint density at radius 2 is 2.20 bits per heavy atom. The summed E-state index contributed by atoms with van der Waals surface area (Å²) >= 11 is 0. The SMILES string of the molecule is CC(C)N1C=NC(NCCc2ccccc2C#N)=CC1. The van der Waals surface area contributed by atoms with E-state index in [0.29, 0.717) is 6.04 Å². The van der Waals surface area contributed by atoms with E-state index in [-0.39, 0.29) is 0 Å². The zero-order valence-electron chi connectivity index (χ0n) is 12.0. The maximum atomic E-state index is 9.04. The summed E-state index contributed by atoms with van der Waals surface area (Å²) in [4.78, 5) is 6.57. The highest BCUT2D eigenvalue weighted by molar-refractivity contribution is 5.59. The molecule has 1 aliphatic heterocycles. The summed E-state index contributed by atoms with van der Waals surface area (Å²) in [7, 11) is 0. The summed E-state index contributed by atoms with van der Waals surface area (Å²) in [5.41, 5.74) is 1.83. The summed E-state index contributed by atoms with van der Waals surface area (Å²) in [6.45, 7) is 5.97. The molecule has 4 heteroatoms. The second-order valence-electron chi connectivity index (χ2n) is 5.07. The van der Waals surface area contributed by atoms with Crippen molar-refractivity contribution >= 4 is 6.34 Å². The van der Waals surface area contributed by atoms with Crippen LogP contribution in [0.25, 0.3) is 0 Å². The van der Waals surface area contributed by atoms with E-state index in [4.69, 9.17) is 5.26 Å². The van der Waals surface area contributed by atoms with E-state index in [9.17, 15) is 0 Å². The lowest BCUT2D eigenvalue weighted by molar-refractivity contribution is 0.387. The van der Waals surface area contributed by atoms with Crippen LogP contribution in [0.4, 0.5) is 0 Å². The maximum absolute atomic E-state index is 9.04. The van der Waals surface area contributed by atoms with Gasteiger partial charge >= 0.3 is 0 Å². The van der Waals surface area contributed by atoms with Crippen molar-refractivity contribution in [2.45, 2.75) is 26.3 Å². The van der Waals surface area contributed by atoms with Crippen LogP contribution in [0, 0.1) is 11.3 Å². The largest absolute Gasteiger partial charge is 0.370 e. The van der Waals surface area contributed by atoms with E-state index in [0.717, 1.165) is 36.5 Å². The zero-order valence-corrected chi connectivity index (χ0v) is 12.0. The summed E-state index contributed by atoms with van der Waals surface area (Å²) in [6, 6.07) is 10.4. The maximum Gasteiger partial charge on any atom is 0.125 e. The van der Waals surface area contributed by atoms with Gasteiger partial charge in [-0.15, -0.1) is 0 Å². The van der Waals surface area contributed by atoms with Crippen LogP contribution in [0.3, 0.4) is 0 Å². The molecule has 0 saturated heterocycles. The number of nitrogens with zero attached hydrogens (tertiary/aromatic N) is 3. The lowest BCUT2D eigenvalue weighted by Crippen LogP contribution is -2.33. The van der Waals surface area contributed by atoms with Crippen LogP contribution in [-0.4, -0.2) is 30.4 Å². The molecule has 2 rings (SSSR count). The Kier molecular flexibility index (Phi) is 4.78. The minimum atomic E-state index is 0.471. The molecule has 0 bridgehead atoms. The molecular formula is C16H20N4. The standard InChI is InChI=1S/C16H20N4/c1-13(2)20-10-8-16(19-12-20)18-9-7-14-5-3-4-6-15(14)11-17/h3-6,8,12-13,18H,7,9-10H2,1-2H3. The molecule has 1 aromatic carbocycles. The second-order valence-corrected chi connectivity index (χ2v) is 5.07. The number of aliphatic imine (C=N–C) groups is 1. The van der Waals surface area contributed by atoms with Crippen LogP contribution in [0.2, 0.25) is 0 Å². The van der Waals surface area contributed by atoms with Gasteiger partial charge in [-0.05, 0) is 38.0 Å². The van der Waals surface area contributed by atoms with Crippen molar-refractivity contribution in [3.8, 4) is 6.07 Å². The first-order valence-corrected chi connectivity index (χ1v) is 6.92. The van der Waals surface area contributed by atoms with Crippen LogP contribution in [-0.2, 0) is 6.42 Å². The third-order valence-electron chi connectivity index (χ3n) is 3.34. The second kappa shape index (κ2) is 6.76. The molecule has 0 fully saturated rings. The zero-order chi connectivity index (χ0) is 14.4. The van der Waals surface area contributed by atoms with Crippen molar-refractivity contribution in [3.05, 3.63) is 47.3 Å². The van der Waals surface area contributed by atoms with E-state index in [1.807, 2.05) is 30.6 Å². The normalized spacial score (nSPS) is 14.1. The van der Waals surface area contributed by atoms with Gasteiger partial charge in [-0.3, -0.25) is 0 Å². The first-order valence-electron chi connectivity index (χ1n) is 6.92. The van der Waals surface area contributed by atoms with E-state index in [1.165, 1.54) is 0 Å². The first-order chi connectivity index (χ1) is 9.70. The lowest BCUT2D eigenvalue weighted by atomic mass is 10.1. The van der Waals surface area contributed by atoms with E-state index in [1.54, 1.807) is 0 Å². The van der Waals surface area contributed by atoms with E-state index >= 15 is 0 Å². The van der Waals surface area contributed by atoms with Gasteiger partial charge in [0.1, 0.15) is 5.82 Å². The summed E-state index contributed by atoms with van der Waals surface area (Å²) in [5, 5.41) is 12.3. The van der Waals surface area contributed by atoms with Crippen LogP contribution in [0.15, 0.2) is 41.2 Å². The fourth-order valence-electron chi connectivity index (χ4n) is 2.06. The van der Waals surface area contributed by atoms with Gasteiger partial charge in [0.25, 0.3) is 0 Å². The number of nitrogens with one attached hydrogen (secondary N) is 1. The van der Waals surface area contributed by atoms with E-state index in [2.05, 4.69) is 41.2 Å². The molecule has 0 atom stereocenters. The van der Waals surface area contributed by atoms with Crippen molar-refractivity contribution in [3.63, 3.8) is 0 Å². The average molecular weight is 268 g/mol. The molecule has 20 heavy (non-hydrogen) atoms. The molecule has 104 valence electrons. The topological polar surface area (TPSA) is 51.4 Å². The molecule has 0 aromatic heterocycles. The number of hydrogen-bond donors (Lipinski definition) is 1. The first kappa shape index (κ1) is 14.1. The van der Waals surface area contributed by atoms with Gasteiger partial charge < -0.3 is 10.2 Å². The molecular weight excluding hydrogens is 248 g/mol. The molecule has 0 unspecified atom stereocenters. The van der Waals surface area contributed by atoms with Crippen LogP contribution >= 0.6 is 0 Å². The molecule has 1 N–H and O–H groups in total. The molecule has 1 heterocycles. The molecule has 1 aliphatic rings. The third kappa shape index (κ3) is 3.61. The number of hydrogen-bond acceptors (Lipinski definition) is 4. The van der Waals surface area contributed by atoms with Gasteiger partial charge in [0.2, 0.25) is 0 Å². The van der Waals surface area contributed by atoms with Gasteiger partial charge in [-0.1, -0.05) is 18.2 Å². The minimum Gasteiger partial charge on any atom is -0.370 e. The van der Waals surface area contributed by atoms with Crippen LogP contribution in [0.5, 0.6) is 0 Å². The van der Waals surface area contributed by atoms with Gasteiger partial charge in [0, 0.05) is 19.1 Å². The van der Waals surface area contributed by atoms with Crippen molar-refractivity contribution in [1.82, 2.24) is 10.2 Å². The summed E-state index contributed by atoms with van der Waals surface area (Å²) in [6.07, 6.45) is 4.80. The number of rotatable bonds is 5. The quantitative estimate of drug-likeness (QED) is 0.891. The lowest BCUT2D eigenvalue weighted by Gasteiger charge is -2.25. The minimum absolute atomic E-state index is 0.471. The highest BCUT2D eigenvalue weighted by atomic mass is 15.2. The molecule has 0 spiro atoms. The molecule has 1 aromatic rings. The molecule has 0 saturated carbocycles. The monoisotopic (exact) mass is 268 g/mol. The fourth-order valence-corrected chi connectivity index (χ4v) is 2.06. The van der Waals surface area contributed by atoms with E-state index < -0.39 is 0 Å². The highest BCUT2D eigenvalue weighted by Gasteiger charge is 2.08. The van der Waals surface area contributed by atoms with Crippen molar-refractivity contribution in [1.29, 1.82) is 5.26 Å². The van der Waals surface area contributed by atoms with Crippen LogP contribution in [0.1, 0.15) is 25.0 Å². The van der Waals surface area contributed by atoms with Crippen molar-refractivity contribution < 1.29 is 0 Å². The fraction of sp³-hybridized carbons (Fsp3) is 0.375. The van der Waals surface area contributed by atoms with Crippen LogP contribution < -0.4 is 5.32 Å². The van der Waals surface area contributed by atoms with Gasteiger partial charge in [0.15, 0.2) is 0 Å². The summed E-state index contributed by atoms with van der Waals surface area (Å²) < 4.78 is 0. The smallest absolute Gasteiger partial charge is 0.125 e. The Labute approximate surface area is 120 Å². The van der Waals surface area contributed by atoms with Crippen molar-refractivity contribution in [2.24, 2.45) is 4.99 Å². The third-order valence-corrected chi connectivity index (χ3v) is 3.34. The van der Waals surface area contributed by atoms with Gasteiger partial charge in [0.05, 0.1) is 18.0 Å². The predicted octanol–water partition coefficient (Wildman–Crippen LogP) is 2.28. The number of benzene rings is 1. The number of nitriles is 1. The highest BCUT2D eigenvalue weighted by Crippen LogP contribution is 2.08. The molecule has 0 amide bonds. The van der Waals surface area contributed by atoms with Gasteiger partial charge in [-0.2, -0.15) is 5.26 Å². The molecule has 0 radical (unpaired) electrons. The Balaban J connectivity index is 1.83. The van der Waals surface area contributed by atoms with Gasteiger partial charge in [-0.25, -0.2) is 4.99 Å². The Hall–Kier alpha value is -2.28. The predicted molar refractivity (Wildman–Crippen MR) is 81.3 cm³/mol. The van der Waals surface area contributed by atoms with Crippen molar-refractivity contribution in [2.75, 3.05) is 13.1 Å². The summed E-state index contributed by atoms with van der Waals surface area (Å²) in [5.74, 6) is 0.913.